The third kappa shape index (κ3) is 7.97. The lowest BCUT2D eigenvalue weighted by atomic mass is 10.0. The number of nitrogens with zero attached hydrogens (tertiary/aromatic N) is 2. The zero-order valence-electron chi connectivity index (χ0n) is 21.6. The number of likely N-dealkylation sites (N-methyl/N-ethyl adjacent to an activating group) is 1. The Morgan fingerprint density at radius 1 is 0.974 bits per heavy atom. The fraction of sp³-hybridized carbons (Fsp3) is 0.286. The Kier molecular flexibility index (Phi) is 10.2. The number of anilines is 1. The van der Waals surface area contributed by atoms with Crippen LogP contribution in [0.4, 0.5) is 5.69 Å². The number of hydrogen-bond donors (Lipinski definition) is 1. The molecule has 0 heterocycles. The van der Waals surface area contributed by atoms with Gasteiger partial charge >= 0.3 is 0 Å². The maximum Gasteiger partial charge on any atom is 0.244 e. The summed E-state index contributed by atoms with van der Waals surface area (Å²) in [4.78, 5) is 28.6. The van der Waals surface area contributed by atoms with Gasteiger partial charge in [-0.05, 0) is 54.4 Å². The van der Waals surface area contributed by atoms with E-state index in [1.165, 1.54) is 12.0 Å². The summed E-state index contributed by atoms with van der Waals surface area (Å²) in [5.74, 6) is -0.309. The van der Waals surface area contributed by atoms with Crippen LogP contribution in [0.25, 0.3) is 0 Å². The first kappa shape index (κ1) is 29.0. The number of amides is 2. The molecule has 3 aromatic rings. The van der Waals surface area contributed by atoms with Crippen LogP contribution >= 0.6 is 11.6 Å². The standard InChI is InChI=1S/C28H32ClN3O5S/c1-4-30-28(34)26(18-21-9-6-5-7-10-21)31(19-22-11-8-12-23(29)17-22)27(33)20-32(38(3,35)36)24-13-15-25(37-2)16-14-24/h5-17,26H,4,18-20H2,1-3H3,(H,30,34)/t26-/m1/s1. The summed E-state index contributed by atoms with van der Waals surface area (Å²) < 4.78 is 31.7. The zero-order valence-corrected chi connectivity index (χ0v) is 23.2. The van der Waals surface area contributed by atoms with Crippen LogP contribution in [0.5, 0.6) is 5.75 Å². The number of hydrogen-bond acceptors (Lipinski definition) is 5. The Morgan fingerprint density at radius 3 is 2.21 bits per heavy atom. The van der Waals surface area contributed by atoms with Gasteiger partial charge in [-0.15, -0.1) is 0 Å². The van der Waals surface area contributed by atoms with Crippen molar-refractivity contribution in [3.05, 3.63) is 95.0 Å². The van der Waals surface area contributed by atoms with Crippen LogP contribution in [0, 0.1) is 0 Å². The molecule has 2 amide bonds. The van der Waals surface area contributed by atoms with Crippen molar-refractivity contribution in [1.82, 2.24) is 10.2 Å². The minimum absolute atomic E-state index is 0.0637. The molecule has 3 aromatic carbocycles. The second-order valence-corrected chi connectivity index (χ2v) is 11.1. The number of carbonyl (C=O) groups is 2. The second kappa shape index (κ2) is 13.3. The van der Waals surface area contributed by atoms with E-state index < -0.39 is 28.5 Å². The summed E-state index contributed by atoms with van der Waals surface area (Å²) in [5, 5.41) is 3.31. The smallest absolute Gasteiger partial charge is 0.244 e. The molecule has 0 saturated carbocycles. The number of benzene rings is 3. The number of sulfonamides is 1. The van der Waals surface area contributed by atoms with Crippen LogP contribution in [0.2, 0.25) is 5.02 Å². The predicted molar refractivity (Wildman–Crippen MR) is 150 cm³/mol. The molecule has 3 rings (SSSR count). The molecule has 0 aromatic heterocycles. The highest BCUT2D eigenvalue weighted by atomic mass is 35.5. The number of ether oxygens (including phenoxy) is 1. The van der Waals surface area contributed by atoms with Crippen molar-refractivity contribution in [2.75, 3.05) is 30.8 Å². The van der Waals surface area contributed by atoms with Crippen LogP contribution in [0.1, 0.15) is 18.1 Å². The lowest BCUT2D eigenvalue weighted by Gasteiger charge is -2.33. The van der Waals surface area contributed by atoms with E-state index in [-0.39, 0.29) is 18.9 Å². The monoisotopic (exact) mass is 557 g/mol. The SMILES string of the molecule is CCNC(=O)[C@@H](Cc1ccccc1)N(Cc1cccc(Cl)c1)C(=O)CN(c1ccc(OC)cc1)S(C)(=O)=O. The van der Waals surface area contributed by atoms with Gasteiger partial charge in [0.05, 0.1) is 19.1 Å². The van der Waals surface area contributed by atoms with Gasteiger partial charge in [0.15, 0.2) is 0 Å². The molecule has 0 aliphatic heterocycles. The molecule has 0 unspecified atom stereocenters. The van der Waals surface area contributed by atoms with Gasteiger partial charge in [-0.1, -0.05) is 54.1 Å². The van der Waals surface area contributed by atoms with Crippen LogP contribution in [0.3, 0.4) is 0 Å². The van der Waals surface area contributed by atoms with Gasteiger partial charge in [-0.25, -0.2) is 8.42 Å². The molecule has 0 fully saturated rings. The fourth-order valence-electron chi connectivity index (χ4n) is 4.04. The fourth-order valence-corrected chi connectivity index (χ4v) is 5.10. The zero-order chi connectivity index (χ0) is 27.7. The molecule has 0 bridgehead atoms. The van der Waals surface area contributed by atoms with Crippen molar-refractivity contribution in [3.8, 4) is 5.75 Å². The van der Waals surface area contributed by atoms with Gasteiger partial charge in [0.2, 0.25) is 21.8 Å². The van der Waals surface area contributed by atoms with Crippen LogP contribution < -0.4 is 14.4 Å². The Bertz CT molecular complexity index is 1330. The largest absolute Gasteiger partial charge is 0.497 e. The third-order valence-electron chi connectivity index (χ3n) is 5.90. The highest BCUT2D eigenvalue weighted by Gasteiger charge is 2.32. The molecule has 202 valence electrons. The van der Waals surface area contributed by atoms with E-state index in [4.69, 9.17) is 16.3 Å². The molecule has 1 N–H and O–H groups in total. The van der Waals surface area contributed by atoms with E-state index >= 15 is 0 Å². The third-order valence-corrected chi connectivity index (χ3v) is 7.28. The molecular weight excluding hydrogens is 526 g/mol. The maximum atomic E-state index is 13.9. The Morgan fingerprint density at radius 2 is 1.63 bits per heavy atom. The Labute approximate surface area is 229 Å². The van der Waals surface area contributed by atoms with Crippen molar-refractivity contribution in [2.45, 2.75) is 25.9 Å². The number of nitrogens with one attached hydrogen (secondary N) is 1. The average Bonchev–Trinajstić information content (AvgIpc) is 2.89. The van der Waals surface area contributed by atoms with Gasteiger partial charge in [-0.3, -0.25) is 13.9 Å². The van der Waals surface area contributed by atoms with Gasteiger partial charge in [0, 0.05) is 24.5 Å². The van der Waals surface area contributed by atoms with Gasteiger partial charge in [0.25, 0.3) is 0 Å². The predicted octanol–water partition coefficient (Wildman–Crippen LogP) is 3.89. The summed E-state index contributed by atoms with van der Waals surface area (Å²) in [6, 6.07) is 21.9. The average molecular weight is 558 g/mol. The van der Waals surface area contributed by atoms with Crippen molar-refractivity contribution >= 4 is 39.1 Å². The van der Waals surface area contributed by atoms with Gasteiger partial charge < -0.3 is 15.0 Å². The lowest BCUT2D eigenvalue weighted by molar-refractivity contribution is -0.140. The highest BCUT2D eigenvalue weighted by molar-refractivity contribution is 7.92. The van der Waals surface area contributed by atoms with Crippen LogP contribution in [-0.2, 0) is 32.6 Å². The van der Waals surface area contributed by atoms with E-state index in [0.29, 0.717) is 28.6 Å². The number of rotatable bonds is 12. The summed E-state index contributed by atoms with van der Waals surface area (Å²) in [7, 11) is -2.33. The van der Waals surface area contributed by atoms with E-state index in [1.54, 1.807) is 55.5 Å². The quantitative estimate of drug-likeness (QED) is 0.364. The van der Waals surface area contributed by atoms with Gasteiger partial charge in [0.1, 0.15) is 18.3 Å². The van der Waals surface area contributed by atoms with E-state index in [9.17, 15) is 18.0 Å². The van der Waals surface area contributed by atoms with Crippen LogP contribution in [-0.4, -0.2) is 57.6 Å². The summed E-state index contributed by atoms with van der Waals surface area (Å²) >= 11 is 6.20. The first-order valence-corrected chi connectivity index (χ1v) is 14.3. The van der Waals surface area contributed by atoms with Crippen LogP contribution in [0.15, 0.2) is 78.9 Å². The summed E-state index contributed by atoms with van der Waals surface area (Å²) in [6.45, 7) is 1.75. The molecule has 0 spiro atoms. The minimum Gasteiger partial charge on any atom is -0.497 e. The highest BCUT2D eigenvalue weighted by Crippen LogP contribution is 2.23. The Hall–Kier alpha value is -3.56. The molecule has 0 saturated heterocycles. The normalized spacial score (nSPS) is 11.9. The van der Waals surface area contributed by atoms with Crippen molar-refractivity contribution in [1.29, 1.82) is 0 Å². The van der Waals surface area contributed by atoms with E-state index in [2.05, 4.69) is 5.32 Å². The topological polar surface area (TPSA) is 96.0 Å². The molecule has 10 heteroatoms. The molecule has 1 atom stereocenters. The summed E-state index contributed by atoms with van der Waals surface area (Å²) in [5.41, 5.74) is 1.88. The molecular formula is C28H32ClN3O5S. The lowest BCUT2D eigenvalue weighted by Crippen LogP contribution is -2.53. The van der Waals surface area contributed by atoms with E-state index in [1.807, 2.05) is 30.3 Å². The molecule has 0 aliphatic carbocycles. The number of methoxy groups -OCH3 is 1. The second-order valence-electron chi connectivity index (χ2n) is 8.72. The minimum atomic E-state index is -3.84. The van der Waals surface area contributed by atoms with Crippen molar-refractivity contribution in [3.63, 3.8) is 0 Å². The first-order valence-electron chi connectivity index (χ1n) is 12.1. The first-order chi connectivity index (χ1) is 18.1. The number of carbonyl (C=O) groups excluding carboxylic acids is 2. The Balaban J connectivity index is 2.02. The van der Waals surface area contributed by atoms with Crippen molar-refractivity contribution < 1.29 is 22.7 Å². The summed E-state index contributed by atoms with van der Waals surface area (Å²) in [6.07, 6.45) is 1.29. The van der Waals surface area contributed by atoms with Crippen molar-refractivity contribution in [2.24, 2.45) is 0 Å². The molecule has 0 aliphatic rings. The maximum absolute atomic E-state index is 13.9. The molecule has 8 nitrogen and oxygen atoms in total. The number of halogens is 1. The van der Waals surface area contributed by atoms with E-state index in [0.717, 1.165) is 16.1 Å². The van der Waals surface area contributed by atoms with Gasteiger partial charge in [-0.2, -0.15) is 0 Å². The molecule has 0 radical (unpaired) electrons. The molecule has 38 heavy (non-hydrogen) atoms.